The van der Waals surface area contributed by atoms with Crippen LogP contribution in [0.1, 0.15) is 80.6 Å². The van der Waals surface area contributed by atoms with Crippen molar-refractivity contribution in [2.45, 2.75) is 122 Å². The SMILES string of the molecule is CC[C@@H]1C[C@]1(NC(=O)[C@@H]1C[C@@H](Oc2cc(OCCN3CCOCC3)nc3c(Cl)cccc23)CN1C(=O)[C@@H](NC(=O)OC(C)(C)C(F)(F)F)C(C)(C)C)C(=O)NS(=O)(=O)OC1(C)CC1. The topological polar surface area (TPSA) is 204 Å². The van der Waals surface area contributed by atoms with Crippen molar-refractivity contribution in [3.63, 3.8) is 0 Å². The second-order valence-corrected chi connectivity index (χ2v) is 20.1. The monoisotopic (exact) mass is 932 g/mol. The Morgan fingerprint density at radius 1 is 1.08 bits per heavy atom. The lowest BCUT2D eigenvalue weighted by molar-refractivity contribution is -0.244. The minimum atomic E-state index is -4.94. The maximum absolute atomic E-state index is 14.7. The third-order valence-corrected chi connectivity index (χ3v) is 13.2. The van der Waals surface area contributed by atoms with Gasteiger partial charge in [0.1, 0.15) is 36.1 Å². The van der Waals surface area contributed by atoms with Crippen molar-refractivity contribution >= 4 is 56.6 Å². The van der Waals surface area contributed by atoms with Crippen LogP contribution in [0.15, 0.2) is 24.3 Å². The second-order valence-electron chi connectivity index (χ2n) is 18.4. The summed E-state index contributed by atoms with van der Waals surface area (Å²) >= 11 is 6.59. The summed E-state index contributed by atoms with van der Waals surface area (Å²) in [5.74, 6) is -2.74. The molecule has 3 N–H and O–H groups in total. The average Bonchev–Trinajstić information content (AvgIpc) is 4.05. The number of ether oxygens (including phenoxy) is 4. The van der Waals surface area contributed by atoms with Gasteiger partial charge in [0.2, 0.25) is 23.3 Å². The molecule has 5 atom stereocenters. The average molecular weight is 933 g/mol. The molecule has 0 radical (unpaired) electrons. The van der Waals surface area contributed by atoms with Crippen molar-refractivity contribution in [1.29, 1.82) is 0 Å². The molecule has 6 rings (SSSR count). The first-order valence-corrected chi connectivity index (χ1v) is 22.7. The maximum atomic E-state index is 14.7. The lowest BCUT2D eigenvalue weighted by Gasteiger charge is -2.36. The van der Waals surface area contributed by atoms with Gasteiger partial charge in [-0.25, -0.2) is 18.7 Å². The first kappa shape index (κ1) is 48.3. The van der Waals surface area contributed by atoms with Gasteiger partial charge in [0, 0.05) is 37.5 Å². The number of nitrogens with one attached hydrogen (secondary N) is 3. The first-order chi connectivity index (χ1) is 29.3. The molecule has 0 bridgehead atoms. The summed E-state index contributed by atoms with van der Waals surface area (Å²) in [6.45, 7) is 12.7. The number of halogens is 4. The van der Waals surface area contributed by atoms with E-state index < -0.39 is 86.6 Å². The highest BCUT2D eigenvalue weighted by atomic mass is 35.5. The molecular weight excluding hydrogens is 877 g/mol. The molecule has 2 aliphatic carbocycles. The molecule has 4 amide bonds. The molecule has 4 fully saturated rings. The zero-order chi connectivity index (χ0) is 46.3. The van der Waals surface area contributed by atoms with E-state index >= 15 is 0 Å². The molecule has 4 aliphatic rings. The van der Waals surface area contributed by atoms with Gasteiger partial charge in [0.25, 0.3) is 5.91 Å². The van der Waals surface area contributed by atoms with E-state index in [2.05, 4.69) is 20.5 Å². The lowest BCUT2D eigenvalue weighted by Crippen LogP contribution is -2.60. The van der Waals surface area contributed by atoms with E-state index in [0.717, 1.165) is 18.0 Å². The van der Waals surface area contributed by atoms with Crippen LogP contribution in [0.5, 0.6) is 11.6 Å². The van der Waals surface area contributed by atoms with Crippen LogP contribution in [-0.4, -0.2) is 134 Å². The fourth-order valence-electron chi connectivity index (χ4n) is 7.60. The quantitative estimate of drug-likeness (QED) is 0.210. The smallest absolute Gasteiger partial charge is 0.427 e. The number of carbonyl (C=O) groups excluding carboxylic acids is 4. The molecule has 3 heterocycles. The zero-order valence-electron chi connectivity index (χ0n) is 36.4. The number of pyridine rings is 1. The highest BCUT2D eigenvalue weighted by Crippen LogP contribution is 2.47. The second kappa shape index (κ2) is 18.0. The molecule has 22 heteroatoms. The molecule has 0 unspecified atom stereocenters. The summed E-state index contributed by atoms with van der Waals surface area (Å²) in [6, 6.07) is 3.69. The van der Waals surface area contributed by atoms with Crippen LogP contribution in [0, 0.1) is 11.3 Å². The predicted octanol–water partition coefficient (Wildman–Crippen LogP) is 4.64. The molecule has 1 aromatic carbocycles. The van der Waals surface area contributed by atoms with E-state index in [4.69, 9.17) is 34.7 Å². The third-order valence-electron chi connectivity index (χ3n) is 11.9. The molecule has 17 nitrogen and oxygen atoms in total. The Kier molecular flexibility index (Phi) is 13.8. The molecule has 350 valence electrons. The maximum Gasteiger partial charge on any atom is 0.427 e. The fraction of sp³-hybridized carbons (Fsp3) is 0.683. The number of hydrogen-bond donors (Lipinski definition) is 3. The number of nitrogens with zero attached hydrogens (tertiary/aromatic N) is 3. The van der Waals surface area contributed by atoms with E-state index in [1.54, 1.807) is 58.9 Å². The van der Waals surface area contributed by atoms with Gasteiger partial charge >= 0.3 is 22.6 Å². The summed E-state index contributed by atoms with van der Waals surface area (Å²) in [4.78, 5) is 63.9. The van der Waals surface area contributed by atoms with E-state index in [9.17, 15) is 40.8 Å². The van der Waals surface area contributed by atoms with E-state index in [0.29, 0.717) is 68.8 Å². The van der Waals surface area contributed by atoms with Crippen LogP contribution < -0.4 is 24.8 Å². The fourth-order valence-corrected chi connectivity index (χ4v) is 8.97. The minimum Gasteiger partial charge on any atom is -0.488 e. The number of hydrogen-bond acceptors (Lipinski definition) is 13. The number of alkyl halides is 3. The Morgan fingerprint density at radius 3 is 2.37 bits per heavy atom. The number of fused-ring (bicyclic) bond motifs is 1. The molecule has 1 aromatic heterocycles. The number of para-hydroxylation sites is 1. The predicted molar refractivity (Wildman–Crippen MR) is 222 cm³/mol. The normalized spacial score (nSPS) is 24.3. The molecule has 0 spiro atoms. The van der Waals surface area contributed by atoms with Crippen molar-refractivity contribution in [2.75, 3.05) is 46.0 Å². The van der Waals surface area contributed by atoms with Gasteiger partial charge in [-0.05, 0) is 63.5 Å². The highest BCUT2D eigenvalue weighted by Gasteiger charge is 2.62. The third kappa shape index (κ3) is 11.4. The summed E-state index contributed by atoms with van der Waals surface area (Å²) < 4.78 is 96.7. The number of likely N-dealkylation sites (tertiary alicyclic amines) is 1. The van der Waals surface area contributed by atoms with Gasteiger partial charge in [0.15, 0.2) is 0 Å². The Morgan fingerprint density at radius 2 is 1.76 bits per heavy atom. The molecule has 2 aromatic rings. The molecule has 2 aliphatic heterocycles. The van der Waals surface area contributed by atoms with Crippen LogP contribution in [0.3, 0.4) is 0 Å². The molecule has 2 saturated carbocycles. The van der Waals surface area contributed by atoms with E-state index in [1.165, 1.54) is 0 Å². The Labute approximate surface area is 369 Å². The zero-order valence-corrected chi connectivity index (χ0v) is 37.9. The van der Waals surface area contributed by atoms with Gasteiger partial charge in [-0.2, -0.15) is 21.6 Å². The summed E-state index contributed by atoms with van der Waals surface area (Å²) in [7, 11) is -4.56. The number of aromatic nitrogens is 1. The highest BCUT2D eigenvalue weighted by molar-refractivity contribution is 7.85. The van der Waals surface area contributed by atoms with E-state index in [1.807, 2.05) is 4.72 Å². The van der Waals surface area contributed by atoms with Gasteiger partial charge in [0.05, 0.1) is 35.9 Å². The minimum absolute atomic E-state index is 0.0829. The number of benzene rings is 1. The standard InChI is InChI=1S/C41H56ClF3N6O11S/c1-8-24-22-40(24,35(54)49-63(56,57)62-39(7)12-13-39)48-33(52)28-20-25(23-51(28)34(53)32(37(2,3)4)47-36(55)61-38(5,6)41(43,44)45)60-29-21-30(46-31-26(29)10-9-11-27(31)42)59-19-16-50-14-17-58-18-15-50/h9-11,21,24-25,28,32H,8,12-20,22-23H2,1-7H3,(H,47,55)(H,48,52)(H,49,54)/t24-,25-,28+,32-,40-/m1/s1. The number of morpholine rings is 1. The Bertz CT molecular complexity index is 2180. The Balaban J connectivity index is 1.29. The summed E-state index contributed by atoms with van der Waals surface area (Å²) in [5, 5.41) is 5.80. The molecule has 2 saturated heterocycles. The summed E-state index contributed by atoms with van der Waals surface area (Å²) in [6.07, 6.45) is -6.16. The van der Waals surface area contributed by atoms with Crippen LogP contribution >= 0.6 is 11.6 Å². The summed E-state index contributed by atoms with van der Waals surface area (Å²) in [5.41, 5.74) is -6.33. The van der Waals surface area contributed by atoms with Gasteiger partial charge < -0.3 is 34.5 Å². The number of amides is 4. The van der Waals surface area contributed by atoms with Crippen molar-refractivity contribution in [1.82, 2.24) is 30.1 Å². The van der Waals surface area contributed by atoms with Crippen molar-refractivity contribution in [2.24, 2.45) is 11.3 Å². The molecular formula is C41H56ClF3N6O11S. The van der Waals surface area contributed by atoms with Crippen LogP contribution in [0.25, 0.3) is 10.9 Å². The number of rotatable bonds is 16. The largest absolute Gasteiger partial charge is 0.488 e. The van der Waals surface area contributed by atoms with Crippen LogP contribution in [0.4, 0.5) is 18.0 Å². The van der Waals surface area contributed by atoms with Crippen molar-refractivity contribution < 1.29 is 63.9 Å². The van der Waals surface area contributed by atoms with Crippen molar-refractivity contribution in [3.05, 3.63) is 29.3 Å². The molecule has 63 heavy (non-hydrogen) atoms. The van der Waals surface area contributed by atoms with Crippen LogP contribution in [-0.2, 0) is 38.3 Å². The van der Waals surface area contributed by atoms with E-state index in [-0.39, 0.29) is 37.6 Å². The van der Waals surface area contributed by atoms with Gasteiger partial charge in [-0.15, -0.1) is 0 Å². The van der Waals surface area contributed by atoms with Gasteiger partial charge in [-0.3, -0.25) is 19.3 Å². The van der Waals surface area contributed by atoms with Crippen molar-refractivity contribution in [3.8, 4) is 11.6 Å². The van der Waals surface area contributed by atoms with Gasteiger partial charge in [-0.1, -0.05) is 51.8 Å². The first-order valence-electron chi connectivity index (χ1n) is 20.9. The number of alkyl carbamates (subject to hydrolysis) is 1. The Hall–Kier alpha value is -4.18. The van der Waals surface area contributed by atoms with Crippen LogP contribution in [0.2, 0.25) is 5.02 Å². The number of carbonyl (C=O) groups is 4. The lowest BCUT2D eigenvalue weighted by atomic mass is 9.85.